The van der Waals surface area contributed by atoms with Crippen molar-refractivity contribution in [2.45, 2.75) is 6.18 Å². The third kappa shape index (κ3) is 5.20. The van der Waals surface area contributed by atoms with E-state index in [0.29, 0.717) is 17.1 Å². The summed E-state index contributed by atoms with van der Waals surface area (Å²) >= 11 is 5.75. The maximum atomic E-state index is 13.0. The predicted octanol–water partition coefficient (Wildman–Crippen LogP) is 4.28. The number of anilines is 1. The van der Waals surface area contributed by atoms with Crippen LogP contribution < -0.4 is 14.8 Å². The first-order valence-electron chi connectivity index (χ1n) is 8.14. The summed E-state index contributed by atoms with van der Waals surface area (Å²) in [5.74, 6) is -0.708. The lowest BCUT2D eigenvalue weighted by Crippen LogP contribution is -2.22. The predicted molar refractivity (Wildman–Crippen MR) is 97.6 cm³/mol. The van der Waals surface area contributed by atoms with Crippen LogP contribution in [-0.4, -0.2) is 25.3 Å². The summed E-state index contributed by atoms with van der Waals surface area (Å²) in [7, 11) is 0. The molecular formula is C19H13ClF3NO5. The molecule has 2 aromatic carbocycles. The largest absolute Gasteiger partial charge is 0.454 e. The Morgan fingerprint density at radius 2 is 1.93 bits per heavy atom. The van der Waals surface area contributed by atoms with E-state index in [9.17, 15) is 22.8 Å². The van der Waals surface area contributed by atoms with Gasteiger partial charge in [0.05, 0.1) is 16.3 Å². The van der Waals surface area contributed by atoms with E-state index in [-0.39, 0.29) is 11.8 Å². The number of rotatable bonds is 5. The maximum Gasteiger partial charge on any atom is 0.418 e. The molecule has 1 aliphatic heterocycles. The maximum absolute atomic E-state index is 13.0. The molecule has 29 heavy (non-hydrogen) atoms. The van der Waals surface area contributed by atoms with Gasteiger partial charge in [-0.3, -0.25) is 4.79 Å². The SMILES string of the molecule is O=C(COC(=O)/C=C/c1ccc2c(c1)OCO2)Nc1c(Cl)cccc1C(F)(F)F. The lowest BCUT2D eigenvalue weighted by atomic mass is 10.1. The second-order valence-electron chi connectivity index (χ2n) is 5.76. The van der Waals surface area contributed by atoms with Gasteiger partial charge in [-0.05, 0) is 35.9 Å². The molecule has 1 heterocycles. The van der Waals surface area contributed by atoms with Crippen molar-refractivity contribution in [3.63, 3.8) is 0 Å². The highest BCUT2D eigenvalue weighted by Gasteiger charge is 2.34. The fraction of sp³-hybridized carbons (Fsp3) is 0.158. The first kappa shape index (κ1) is 20.5. The average molecular weight is 428 g/mol. The third-order valence-corrected chi connectivity index (χ3v) is 4.05. The van der Waals surface area contributed by atoms with E-state index in [4.69, 9.17) is 25.8 Å². The van der Waals surface area contributed by atoms with Gasteiger partial charge in [-0.15, -0.1) is 0 Å². The number of hydrogen-bond acceptors (Lipinski definition) is 5. The van der Waals surface area contributed by atoms with Crippen molar-refractivity contribution in [1.29, 1.82) is 0 Å². The topological polar surface area (TPSA) is 73.9 Å². The fourth-order valence-electron chi connectivity index (χ4n) is 2.43. The number of fused-ring (bicyclic) bond motifs is 1. The molecule has 2 aromatic rings. The van der Waals surface area contributed by atoms with Crippen molar-refractivity contribution >= 4 is 35.2 Å². The molecule has 0 unspecified atom stereocenters. The molecule has 6 nitrogen and oxygen atoms in total. The molecular weight excluding hydrogens is 415 g/mol. The first-order chi connectivity index (χ1) is 13.7. The number of alkyl halides is 3. The average Bonchev–Trinajstić information content (AvgIpc) is 3.13. The normalized spacial score (nSPS) is 12.8. The number of amides is 1. The standard InChI is InChI=1S/C19H13ClF3NO5/c20-13-3-1-2-12(19(21,22)23)18(13)24-16(25)9-27-17(26)7-5-11-4-6-14-15(8-11)29-10-28-14/h1-8H,9-10H2,(H,24,25)/b7-5+. The smallest absolute Gasteiger partial charge is 0.418 e. The number of esters is 1. The van der Waals surface area contributed by atoms with Gasteiger partial charge in [-0.1, -0.05) is 23.7 Å². The summed E-state index contributed by atoms with van der Waals surface area (Å²) in [5.41, 5.74) is -1.08. The van der Waals surface area contributed by atoms with Crippen LogP contribution in [0.3, 0.4) is 0 Å². The fourth-order valence-corrected chi connectivity index (χ4v) is 2.65. The van der Waals surface area contributed by atoms with Crippen molar-refractivity contribution in [3.8, 4) is 11.5 Å². The molecule has 0 aliphatic carbocycles. The molecule has 0 aromatic heterocycles. The molecule has 0 fully saturated rings. The van der Waals surface area contributed by atoms with E-state index in [1.807, 2.05) is 5.32 Å². The van der Waals surface area contributed by atoms with Gasteiger partial charge >= 0.3 is 12.1 Å². The lowest BCUT2D eigenvalue weighted by Gasteiger charge is -2.15. The van der Waals surface area contributed by atoms with Crippen molar-refractivity contribution in [1.82, 2.24) is 0 Å². The lowest BCUT2D eigenvalue weighted by molar-refractivity contribution is -0.142. The highest BCUT2D eigenvalue weighted by atomic mass is 35.5. The second-order valence-corrected chi connectivity index (χ2v) is 6.17. The Kier molecular flexibility index (Phi) is 5.97. The van der Waals surface area contributed by atoms with E-state index in [1.54, 1.807) is 18.2 Å². The molecule has 152 valence electrons. The summed E-state index contributed by atoms with van der Waals surface area (Å²) in [6.07, 6.45) is -2.21. The summed E-state index contributed by atoms with van der Waals surface area (Å²) in [6.45, 7) is -0.673. The summed E-state index contributed by atoms with van der Waals surface area (Å²) in [6, 6.07) is 8.09. The van der Waals surface area contributed by atoms with E-state index >= 15 is 0 Å². The van der Waals surface area contributed by atoms with Gasteiger partial charge < -0.3 is 19.5 Å². The van der Waals surface area contributed by atoms with Crippen molar-refractivity contribution in [2.24, 2.45) is 0 Å². The number of benzene rings is 2. The van der Waals surface area contributed by atoms with E-state index in [2.05, 4.69) is 0 Å². The van der Waals surface area contributed by atoms with Gasteiger partial charge in [-0.25, -0.2) is 4.79 Å². The number of ether oxygens (including phenoxy) is 3. The molecule has 1 N–H and O–H groups in total. The number of carbonyl (C=O) groups excluding carboxylic acids is 2. The number of nitrogens with one attached hydrogen (secondary N) is 1. The number of para-hydroxylation sites is 1. The molecule has 3 rings (SSSR count). The van der Waals surface area contributed by atoms with Crippen molar-refractivity contribution < 1.29 is 37.0 Å². The number of hydrogen-bond donors (Lipinski definition) is 1. The van der Waals surface area contributed by atoms with Crippen LogP contribution in [0.15, 0.2) is 42.5 Å². The van der Waals surface area contributed by atoms with Crippen LogP contribution in [0.2, 0.25) is 5.02 Å². The minimum atomic E-state index is -4.71. The summed E-state index contributed by atoms with van der Waals surface area (Å²) < 4.78 is 54.2. The van der Waals surface area contributed by atoms with Crippen LogP contribution in [0.25, 0.3) is 6.08 Å². The number of carbonyl (C=O) groups is 2. The Hall–Kier alpha value is -3.20. The monoisotopic (exact) mass is 427 g/mol. The molecule has 0 saturated heterocycles. The van der Waals surface area contributed by atoms with Gasteiger partial charge in [0, 0.05) is 6.08 Å². The molecule has 0 saturated carbocycles. The third-order valence-electron chi connectivity index (χ3n) is 3.74. The molecule has 1 aliphatic rings. The van der Waals surface area contributed by atoms with E-state index in [0.717, 1.165) is 18.2 Å². The minimum absolute atomic E-state index is 0.112. The Morgan fingerprint density at radius 3 is 2.69 bits per heavy atom. The van der Waals surface area contributed by atoms with Gasteiger partial charge in [0.25, 0.3) is 5.91 Å². The van der Waals surface area contributed by atoms with E-state index in [1.165, 1.54) is 12.1 Å². The van der Waals surface area contributed by atoms with E-state index < -0.39 is 35.9 Å². The zero-order chi connectivity index (χ0) is 21.0. The zero-order valence-corrected chi connectivity index (χ0v) is 15.3. The molecule has 0 spiro atoms. The quantitative estimate of drug-likeness (QED) is 0.569. The second kappa shape index (κ2) is 8.44. The zero-order valence-electron chi connectivity index (χ0n) is 14.6. The van der Waals surface area contributed by atoms with Crippen LogP contribution in [-0.2, 0) is 20.5 Å². The van der Waals surface area contributed by atoms with Gasteiger partial charge in [0.15, 0.2) is 18.1 Å². The molecule has 1 amide bonds. The van der Waals surface area contributed by atoms with Crippen LogP contribution >= 0.6 is 11.6 Å². The molecule has 0 bridgehead atoms. The Bertz CT molecular complexity index is 975. The van der Waals surface area contributed by atoms with Gasteiger partial charge in [0.1, 0.15) is 0 Å². The van der Waals surface area contributed by atoms with Crippen LogP contribution in [0.5, 0.6) is 11.5 Å². The Balaban J connectivity index is 1.57. The highest BCUT2D eigenvalue weighted by Crippen LogP contribution is 2.38. The van der Waals surface area contributed by atoms with Gasteiger partial charge in [0.2, 0.25) is 6.79 Å². The van der Waals surface area contributed by atoms with Crippen LogP contribution in [0.4, 0.5) is 18.9 Å². The summed E-state index contributed by atoms with van der Waals surface area (Å²) in [5, 5.41) is 1.73. The van der Waals surface area contributed by atoms with Gasteiger partial charge in [-0.2, -0.15) is 13.2 Å². The van der Waals surface area contributed by atoms with Crippen molar-refractivity contribution in [3.05, 3.63) is 58.6 Å². The summed E-state index contributed by atoms with van der Waals surface area (Å²) in [4.78, 5) is 23.6. The van der Waals surface area contributed by atoms with Crippen molar-refractivity contribution in [2.75, 3.05) is 18.7 Å². The highest BCUT2D eigenvalue weighted by molar-refractivity contribution is 6.34. The molecule has 10 heteroatoms. The Morgan fingerprint density at radius 1 is 1.17 bits per heavy atom. The van der Waals surface area contributed by atoms with Crippen LogP contribution in [0.1, 0.15) is 11.1 Å². The minimum Gasteiger partial charge on any atom is -0.454 e. The van der Waals surface area contributed by atoms with Crippen LogP contribution in [0, 0.1) is 0 Å². The first-order valence-corrected chi connectivity index (χ1v) is 8.52. The molecule has 0 atom stereocenters. The Labute approximate surface area is 167 Å². The number of halogens is 4. The molecule has 0 radical (unpaired) electrons.